The number of ether oxygens (including phenoxy) is 4. The van der Waals surface area contributed by atoms with Gasteiger partial charge in [0.15, 0.2) is 23.0 Å². The fourth-order valence-electron chi connectivity index (χ4n) is 12.1. The molecule has 2 aliphatic carbocycles. The minimum absolute atomic E-state index is 0.0163. The SMILES string of the molecule is CC(C)(C)C.CCCC1c2cc(C)cc(C)c2OP(=O)(c2ccccc2)Oc2c(C)cc(C)cc21.CCCOc1cc2c(cc1OCCC)C1(CC2(C)C)CC(C)(C)c2cc(OCCC)c(OCCC)cc21.CN1CCCCN1C. The second-order valence-electron chi connectivity index (χ2n) is 26.1. The van der Waals surface area contributed by atoms with Gasteiger partial charge in [0.2, 0.25) is 0 Å². The maximum absolute atomic E-state index is 14.2. The molecule has 0 atom stereocenters. The van der Waals surface area contributed by atoms with Crippen molar-refractivity contribution in [2.45, 2.75) is 204 Å². The van der Waals surface area contributed by atoms with Gasteiger partial charge in [-0.2, -0.15) is 0 Å². The van der Waals surface area contributed by atoms with Crippen molar-refractivity contribution < 1.29 is 32.6 Å². The Morgan fingerprint density at radius 3 is 1.21 bits per heavy atom. The molecule has 0 bridgehead atoms. The summed E-state index contributed by atoms with van der Waals surface area (Å²) >= 11 is 0. The lowest BCUT2D eigenvalue weighted by molar-refractivity contribution is -0.00111. The maximum Gasteiger partial charge on any atom is 0.462 e. The van der Waals surface area contributed by atoms with Crippen molar-refractivity contribution in [3.8, 4) is 34.5 Å². The molecule has 0 unspecified atom stereocenters. The number of hydrogen-bond acceptors (Lipinski definition) is 9. The largest absolute Gasteiger partial charge is 0.490 e. The Balaban J connectivity index is 0.000000213. The second-order valence-corrected chi connectivity index (χ2v) is 28.0. The summed E-state index contributed by atoms with van der Waals surface area (Å²) < 4.78 is 51.9. The third-order valence-electron chi connectivity index (χ3n) is 15.5. The molecule has 9 rings (SSSR count). The molecular weight excluding hydrogens is 1010 g/mol. The van der Waals surface area contributed by atoms with Crippen molar-refractivity contribution in [2.24, 2.45) is 5.41 Å². The summed E-state index contributed by atoms with van der Waals surface area (Å²) in [6, 6.07) is 27.0. The summed E-state index contributed by atoms with van der Waals surface area (Å²) in [5.41, 5.74) is 12.5. The van der Waals surface area contributed by atoms with E-state index in [4.69, 9.17) is 28.0 Å². The quantitative estimate of drug-likeness (QED) is 0.0953. The highest BCUT2D eigenvalue weighted by Gasteiger charge is 2.57. The van der Waals surface area contributed by atoms with Gasteiger partial charge < -0.3 is 28.0 Å². The Bertz CT molecular complexity index is 2720. The summed E-state index contributed by atoms with van der Waals surface area (Å²) in [5, 5.41) is 5.10. The van der Waals surface area contributed by atoms with Crippen LogP contribution in [0.5, 0.6) is 34.5 Å². The van der Waals surface area contributed by atoms with E-state index >= 15 is 0 Å². The van der Waals surface area contributed by atoms with Gasteiger partial charge in [-0.25, -0.2) is 14.6 Å². The normalized spacial score (nSPS) is 19.3. The van der Waals surface area contributed by atoms with Gasteiger partial charge in [0, 0.05) is 49.6 Å². The molecule has 1 fully saturated rings. The average molecular weight is 1120 g/mol. The maximum atomic E-state index is 14.2. The number of nitrogens with zero attached hydrogens (tertiary/aromatic N) is 2. The third-order valence-corrected chi connectivity index (χ3v) is 17.3. The van der Waals surface area contributed by atoms with E-state index < -0.39 is 7.60 Å². The second kappa shape index (κ2) is 27.4. The molecule has 0 amide bonds. The first-order chi connectivity index (χ1) is 37.8. The molecule has 2 aliphatic heterocycles. The summed E-state index contributed by atoms with van der Waals surface area (Å²) in [5.74, 6) is 5.03. The lowest BCUT2D eigenvalue weighted by atomic mass is 9.72. The molecule has 1 saturated heterocycles. The number of fused-ring (bicyclic) bond motifs is 6. The molecule has 440 valence electrons. The van der Waals surface area contributed by atoms with Crippen molar-refractivity contribution in [1.82, 2.24) is 10.0 Å². The Hall–Kier alpha value is -4.95. The first kappa shape index (κ1) is 64.2. The lowest BCUT2D eigenvalue weighted by Gasteiger charge is -2.32. The van der Waals surface area contributed by atoms with Crippen LogP contribution in [0.2, 0.25) is 0 Å². The van der Waals surface area contributed by atoms with Gasteiger partial charge in [-0.15, -0.1) is 0 Å². The zero-order valence-corrected chi connectivity index (χ0v) is 54.0. The van der Waals surface area contributed by atoms with Crippen LogP contribution in [0.4, 0.5) is 0 Å². The van der Waals surface area contributed by atoms with Crippen LogP contribution in [0.3, 0.4) is 0 Å². The molecule has 0 saturated carbocycles. The van der Waals surface area contributed by atoms with Gasteiger partial charge in [0.1, 0.15) is 11.5 Å². The third kappa shape index (κ3) is 15.4. The van der Waals surface area contributed by atoms with E-state index in [-0.39, 0.29) is 22.2 Å². The van der Waals surface area contributed by atoms with Crippen LogP contribution < -0.4 is 33.3 Å². The smallest absolute Gasteiger partial charge is 0.462 e. The van der Waals surface area contributed by atoms with E-state index in [0.717, 1.165) is 96.6 Å². The zero-order valence-electron chi connectivity index (χ0n) is 53.1. The molecule has 5 aromatic carbocycles. The number of rotatable bonds is 15. The van der Waals surface area contributed by atoms with E-state index in [1.165, 1.54) is 59.3 Å². The number of hydrogen-bond donors (Lipinski definition) is 0. The van der Waals surface area contributed by atoms with E-state index in [1.807, 2.05) is 44.2 Å². The Morgan fingerprint density at radius 1 is 0.537 bits per heavy atom. The monoisotopic (exact) mass is 1110 g/mol. The Labute approximate surface area is 485 Å². The lowest BCUT2D eigenvalue weighted by Crippen LogP contribution is -2.41. The van der Waals surface area contributed by atoms with Crippen LogP contribution in [0.1, 0.15) is 216 Å². The topological polar surface area (TPSA) is 78.9 Å². The summed E-state index contributed by atoms with van der Waals surface area (Å²) in [6.45, 7) is 42.5. The van der Waals surface area contributed by atoms with E-state index in [9.17, 15) is 4.57 Å². The van der Waals surface area contributed by atoms with Crippen molar-refractivity contribution in [3.05, 3.63) is 134 Å². The molecule has 1 spiro atoms. The molecule has 0 N–H and O–H groups in total. The predicted octanol–water partition coefficient (Wildman–Crippen LogP) is 18.2. The van der Waals surface area contributed by atoms with Crippen molar-refractivity contribution >= 4 is 12.9 Å². The summed E-state index contributed by atoms with van der Waals surface area (Å²) in [4.78, 5) is 0. The van der Waals surface area contributed by atoms with E-state index in [0.29, 0.717) is 48.6 Å². The van der Waals surface area contributed by atoms with Gasteiger partial charge in [-0.05, 0) is 172 Å². The highest BCUT2D eigenvalue weighted by atomic mass is 31.2. The van der Waals surface area contributed by atoms with E-state index in [1.54, 1.807) is 0 Å². The molecule has 9 nitrogen and oxygen atoms in total. The molecule has 0 radical (unpaired) electrons. The van der Waals surface area contributed by atoms with Gasteiger partial charge in [0.05, 0.1) is 31.7 Å². The highest BCUT2D eigenvalue weighted by Crippen LogP contribution is 2.65. The fraction of sp³-hybridized carbons (Fsp3) is 0.571. The van der Waals surface area contributed by atoms with Crippen LogP contribution in [-0.4, -0.2) is 63.6 Å². The molecule has 80 heavy (non-hydrogen) atoms. The van der Waals surface area contributed by atoms with Crippen LogP contribution >= 0.6 is 7.60 Å². The van der Waals surface area contributed by atoms with Crippen LogP contribution in [0.25, 0.3) is 0 Å². The molecule has 4 aliphatic rings. The van der Waals surface area contributed by atoms with Gasteiger partial charge in [-0.3, -0.25) is 0 Å². The molecule has 0 aromatic heterocycles. The predicted molar refractivity (Wildman–Crippen MR) is 335 cm³/mol. The summed E-state index contributed by atoms with van der Waals surface area (Å²) in [7, 11) is 0.645. The van der Waals surface area contributed by atoms with Crippen molar-refractivity contribution in [3.63, 3.8) is 0 Å². The van der Waals surface area contributed by atoms with Crippen LogP contribution in [0.15, 0.2) is 78.9 Å². The molecule has 5 aromatic rings. The van der Waals surface area contributed by atoms with Gasteiger partial charge in [0.25, 0.3) is 0 Å². The first-order valence-electron chi connectivity index (χ1n) is 30.3. The van der Waals surface area contributed by atoms with Gasteiger partial charge in [-0.1, -0.05) is 150 Å². The number of hydrazine groups is 1. The Morgan fingerprint density at radius 2 is 0.887 bits per heavy atom. The zero-order chi connectivity index (χ0) is 58.8. The van der Waals surface area contributed by atoms with Gasteiger partial charge >= 0.3 is 7.60 Å². The average Bonchev–Trinajstić information content (AvgIpc) is 3.83. The van der Waals surface area contributed by atoms with Crippen molar-refractivity contribution in [2.75, 3.05) is 53.6 Å². The summed E-state index contributed by atoms with van der Waals surface area (Å²) in [6.07, 6.45) is 10.7. The van der Waals surface area contributed by atoms with Crippen LogP contribution in [0, 0.1) is 33.1 Å². The highest BCUT2D eigenvalue weighted by molar-refractivity contribution is 7.63. The van der Waals surface area contributed by atoms with Crippen LogP contribution in [-0.2, 0) is 20.8 Å². The van der Waals surface area contributed by atoms with E-state index in [2.05, 4.69) is 177 Å². The van der Waals surface area contributed by atoms with Crippen molar-refractivity contribution in [1.29, 1.82) is 0 Å². The molecular formula is C70H103N2O7P. The fourth-order valence-corrected chi connectivity index (χ4v) is 13.9. The molecule has 10 heteroatoms. The minimum atomic E-state index is -3.63. The number of benzene rings is 5. The Kier molecular flexibility index (Phi) is 22.0. The first-order valence-corrected chi connectivity index (χ1v) is 31.9. The molecule has 2 heterocycles. The number of aryl methyl sites for hydroxylation is 4. The minimum Gasteiger partial charge on any atom is -0.490 e. The standard InChI is InChI=1S/C33H48O4.C26H29O3P.C6H14N2.C5H12/c1-9-13-34-27-17-23-25(19-29(27)36-15-11-3)33(21-31(23,5)6)22-32(7,8)24-18-28(35-14-10-2)30(20-26(24)33)37-16-12-4;1-6-10-22-23-15-17(2)13-19(4)25(23)28-30(27,21-11-8-7-9-12-21)29-26-20(5)14-18(3)16-24(22)26;1-7-5-3-4-6-8(7)2;1-5(2,3)4/h17-20H,9-16,21-22H2,1-8H3;7-9,11-16,22H,6,10H2,1-5H3;3-6H2,1-2H3;1-4H3.